The third-order valence-electron chi connectivity index (χ3n) is 12.6. The maximum atomic E-state index is 14.3. The normalized spacial score (nSPS) is 45.8. The molecule has 3 fully saturated rings. The van der Waals surface area contributed by atoms with E-state index in [0.29, 0.717) is 18.7 Å². The number of carbonyl (C=O) groups is 1. The Kier molecular flexibility index (Phi) is 18.8. The summed E-state index contributed by atoms with van der Waals surface area (Å²) in [6, 6.07) is -0.328. The van der Waals surface area contributed by atoms with Crippen LogP contribution in [0.5, 0.6) is 0 Å². The molecule has 58 heavy (non-hydrogen) atoms. The average Bonchev–Trinajstić information content (AvgIpc) is 3.15. The number of hydrogen-bond donors (Lipinski definition) is 5. The van der Waals surface area contributed by atoms with E-state index in [0.717, 1.165) is 0 Å². The third-order valence-corrected chi connectivity index (χ3v) is 12.6. The van der Waals surface area contributed by atoms with Crippen LogP contribution in [0, 0.1) is 23.7 Å². The summed E-state index contributed by atoms with van der Waals surface area (Å²) >= 11 is 0. The summed E-state index contributed by atoms with van der Waals surface area (Å²) in [5, 5.41) is 63.6. The van der Waals surface area contributed by atoms with Gasteiger partial charge in [-0.15, -0.1) is 0 Å². The van der Waals surface area contributed by atoms with Crippen molar-refractivity contribution in [2.24, 2.45) is 28.8 Å². The molecule has 3 aliphatic rings. The number of aliphatic hydroxyl groups excluding tert-OH is 3. The fourth-order valence-corrected chi connectivity index (χ4v) is 8.93. The van der Waals surface area contributed by atoms with Gasteiger partial charge in [0, 0.05) is 44.4 Å². The molecule has 0 aromatic rings. The lowest BCUT2D eigenvalue weighted by molar-refractivity contribution is -0.317. The van der Waals surface area contributed by atoms with Crippen molar-refractivity contribution in [3.8, 4) is 0 Å². The van der Waals surface area contributed by atoms with Crippen LogP contribution in [-0.2, 0) is 47.5 Å². The molecular formula is C41H76N2O15. The van der Waals surface area contributed by atoms with Gasteiger partial charge in [0.1, 0.15) is 23.9 Å². The molecule has 17 nitrogen and oxygen atoms in total. The molecule has 3 rings (SSSR count). The van der Waals surface area contributed by atoms with Crippen molar-refractivity contribution in [3.63, 3.8) is 0 Å². The molecule has 0 radical (unpaired) electrons. The quantitative estimate of drug-likeness (QED) is 0.0778. The summed E-state index contributed by atoms with van der Waals surface area (Å²) in [6.07, 6.45) is -9.49. The maximum Gasteiger partial charge on any atom is 0.311 e. The number of carbonyl (C=O) groups excluding carboxylic acids is 1. The van der Waals surface area contributed by atoms with Crippen molar-refractivity contribution in [2.75, 3.05) is 48.3 Å². The van der Waals surface area contributed by atoms with E-state index in [1.807, 2.05) is 32.8 Å². The van der Waals surface area contributed by atoms with E-state index < -0.39 is 102 Å². The molecular weight excluding hydrogens is 760 g/mol. The zero-order valence-electron chi connectivity index (χ0n) is 37.3. The third kappa shape index (κ3) is 12.1. The smallest absolute Gasteiger partial charge is 0.311 e. The Labute approximate surface area is 345 Å². The number of likely N-dealkylation sites (N-methyl/N-ethyl adjacent to an activating group) is 1. The molecule has 0 aromatic carbocycles. The highest BCUT2D eigenvalue weighted by atomic mass is 16.7. The van der Waals surface area contributed by atoms with E-state index in [9.17, 15) is 30.3 Å². The molecule has 5 N–H and O–H groups in total. The Morgan fingerprint density at radius 1 is 0.897 bits per heavy atom. The van der Waals surface area contributed by atoms with Crippen LogP contribution in [-0.4, -0.2) is 175 Å². The topological polar surface area (TPSA) is 217 Å². The number of esters is 1. The number of aliphatic hydroxyl groups is 5. The van der Waals surface area contributed by atoms with E-state index in [-0.39, 0.29) is 44.8 Å². The Balaban J connectivity index is 2.22. The molecule has 0 aromatic heterocycles. The van der Waals surface area contributed by atoms with Gasteiger partial charge in [-0.25, -0.2) is 0 Å². The lowest BCUT2D eigenvalue weighted by Gasteiger charge is -2.49. The van der Waals surface area contributed by atoms with Crippen LogP contribution in [0.1, 0.15) is 94.9 Å². The van der Waals surface area contributed by atoms with Crippen LogP contribution in [0.3, 0.4) is 0 Å². The van der Waals surface area contributed by atoms with Crippen molar-refractivity contribution >= 4 is 11.7 Å². The van der Waals surface area contributed by atoms with E-state index in [4.69, 9.17) is 42.7 Å². The van der Waals surface area contributed by atoms with Gasteiger partial charge < -0.3 is 73.2 Å². The second-order valence-electron chi connectivity index (χ2n) is 17.7. The summed E-state index contributed by atoms with van der Waals surface area (Å²) in [7, 11) is 6.76. The fraction of sp³-hybridized carbons (Fsp3) is 0.951. The minimum Gasteiger partial charge on any atom is -0.459 e. The van der Waals surface area contributed by atoms with Crippen LogP contribution < -0.4 is 0 Å². The number of oxime groups is 1. The largest absolute Gasteiger partial charge is 0.459 e. The Bertz CT molecular complexity index is 1300. The minimum absolute atomic E-state index is 0.0307. The molecule has 18 atom stereocenters. The van der Waals surface area contributed by atoms with Crippen LogP contribution in [0.15, 0.2) is 5.16 Å². The van der Waals surface area contributed by atoms with Crippen molar-refractivity contribution in [1.29, 1.82) is 0 Å². The molecule has 17 heteroatoms. The highest BCUT2D eigenvalue weighted by Crippen LogP contribution is 2.41. The molecule has 3 aliphatic heterocycles. The maximum absolute atomic E-state index is 14.3. The van der Waals surface area contributed by atoms with Gasteiger partial charge in [-0.05, 0) is 74.9 Å². The van der Waals surface area contributed by atoms with Crippen molar-refractivity contribution in [2.45, 2.75) is 179 Å². The number of ether oxygens (including phenoxy) is 8. The lowest BCUT2D eigenvalue weighted by Crippen LogP contribution is -2.61. The first-order valence-electron chi connectivity index (χ1n) is 20.8. The van der Waals surface area contributed by atoms with E-state index in [1.165, 1.54) is 14.0 Å². The molecule has 0 saturated carbocycles. The molecule has 0 bridgehead atoms. The van der Waals surface area contributed by atoms with E-state index in [2.05, 4.69) is 5.16 Å². The zero-order chi connectivity index (χ0) is 43.9. The first kappa shape index (κ1) is 50.8. The first-order chi connectivity index (χ1) is 27.0. The van der Waals surface area contributed by atoms with Crippen molar-refractivity contribution in [3.05, 3.63) is 0 Å². The van der Waals surface area contributed by atoms with Crippen LogP contribution in [0.2, 0.25) is 0 Å². The Morgan fingerprint density at radius 2 is 1.55 bits per heavy atom. The number of nitrogens with zero attached hydrogens (tertiary/aromatic N) is 2. The predicted octanol–water partition coefficient (Wildman–Crippen LogP) is 2.21. The molecule has 340 valence electrons. The molecule has 3 heterocycles. The average molecular weight is 837 g/mol. The van der Waals surface area contributed by atoms with Gasteiger partial charge >= 0.3 is 5.97 Å². The van der Waals surface area contributed by atoms with Crippen LogP contribution in [0.4, 0.5) is 0 Å². The summed E-state index contributed by atoms with van der Waals surface area (Å²) in [4.78, 5) is 21.8. The number of rotatable bonds is 13. The molecule has 0 amide bonds. The summed E-state index contributed by atoms with van der Waals surface area (Å²) in [6.45, 7) is 17.3. The summed E-state index contributed by atoms with van der Waals surface area (Å²) < 4.78 is 48.1. The molecule has 2 unspecified atom stereocenters. The predicted molar refractivity (Wildman–Crippen MR) is 212 cm³/mol. The summed E-state index contributed by atoms with van der Waals surface area (Å²) in [5.41, 5.74) is -4.49. The highest BCUT2D eigenvalue weighted by Gasteiger charge is 2.53. The van der Waals surface area contributed by atoms with Crippen LogP contribution in [0.25, 0.3) is 0 Å². The summed E-state index contributed by atoms with van der Waals surface area (Å²) in [5.74, 6) is -4.14. The minimum atomic E-state index is -1.97. The second-order valence-corrected chi connectivity index (χ2v) is 17.7. The van der Waals surface area contributed by atoms with Gasteiger partial charge in [0.2, 0.25) is 6.79 Å². The van der Waals surface area contributed by atoms with Crippen molar-refractivity contribution in [1.82, 2.24) is 4.90 Å². The first-order valence-corrected chi connectivity index (χ1v) is 20.8. The monoisotopic (exact) mass is 837 g/mol. The van der Waals surface area contributed by atoms with Gasteiger partial charge in [-0.1, -0.05) is 32.9 Å². The van der Waals surface area contributed by atoms with Gasteiger partial charge in [-0.3, -0.25) is 4.79 Å². The standard InChI is InChI=1S/C41H76N2O15/c1-15-29-41(10,49)34(45)24(4)31(42-53-21-52-17-16-50-13)22(2)19-39(8,48)36(58-38-32(44)28(43(11)12)18-23(3)54-38)25(5)33(26(6)37(47)56-29)57-30-20-40(9,51-14)35(46)27(7)55-30/h22-30,32-36,38,44-46,48-49H,15-21H2,1-14H3/t22-,23-,24+,25+,26-,27+,28+,29?,30+,32-,33?,34-,35+,36-,38+,39-,40-,41-/m1/s1. The molecule has 3 saturated heterocycles. The fourth-order valence-electron chi connectivity index (χ4n) is 8.93. The van der Waals surface area contributed by atoms with Gasteiger partial charge in [0.05, 0.1) is 66.6 Å². The molecule has 0 spiro atoms. The number of methoxy groups -OCH3 is 2. The van der Waals surface area contributed by atoms with Gasteiger partial charge in [0.15, 0.2) is 12.6 Å². The number of cyclic esters (lactones) is 1. The van der Waals surface area contributed by atoms with Crippen molar-refractivity contribution < 1.29 is 73.1 Å². The Morgan fingerprint density at radius 3 is 2.14 bits per heavy atom. The zero-order valence-corrected chi connectivity index (χ0v) is 37.3. The van der Waals surface area contributed by atoms with Crippen LogP contribution >= 0.6 is 0 Å². The van der Waals surface area contributed by atoms with Gasteiger partial charge in [0.25, 0.3) is 0 Å². The SMILES string of the molecule is CCC1OC(=O)[C@H](C)C(O[C@H]2C[C@@](C)(OC)[C@@H](O)[C@H](C)O2)[C@H](C)[C@@H](O[C@@H]2O[C@H](C)C[C@H](N(C)C)[C@H]2O)[C@](C)(O)C[C@@H](C)C(=NOCOCCOC)[C@H](C)[C@@H](O)[C@]1(C)O. The lowest BCUT2D eigenvalue weighted by atomic mass is 9.73. The second kappa shape index (κ2) is 21.5. The number of hydrogen-bond acceptors (Lipinski definition) is 17. The van der Waals surface area contributed by atoms with E-state index >= 15 is 0 Å². The van der Waals surface area contributed by atoms with E-state index in [1.54, 1.807) is 55.6 Å². The van der Waals surface area contributed by atoms with Gasteiger partial charge in [-0.2, -0.15) is 0 Å². The Hall–Kier alpha value is -1.58. The highest BCUT2D eigenvalue weighted by molar-refractivity contribution is 5.88. The molecule has 0 aliphatic carbocycles.